The quantitative estimate of drug-likeness (QED) is 0.0261. The van der Waals surface area contributed by atoms with E-state index in [4.69, 9.17) is 14.2 Å². The van der Waals surface area contributed by atoms with Gasteiger partial charge in [0, 0.05) is 19.3 Å². The van der Waals surface area contributed by atoms with E-state index in [0.717, 1.165) is 70.6 Å². The lowest BCUT2D eigenvalue weighted by molar-refractivity contribution is -0.167. The van der Waals surface area contributed by atoms with Crippen molar-refractivity contribution >= 4 is 17.9 Å². The van der Waals surface area contributed by atoms with E-state index in [1.807, 2.05) is 0 Å². The second-order valence-corrected chi connectivity index (χ2v) is 25.6. The highest BCUT2D eigenvalue weighted by Gasteiger charge is 2.20. The fourth-order valence-corrected chi connectivity index (χ4v) is 11.5. The monoisotopic (exact) mass is 1170 g/mol. The highest BCUT2D eigenvalue weighted by molar-refractivity contribution is 5.71. The van der Waals surface area contributed by atoms with Gasteiger partial charge in [0.15, 0.2) is 6.10 Å². The third-order valence-electron chi connectivity index (χ3n) is 17.1. The maximum Gasteiger partial charge on any atom is 0.306 e. The number of ether oxygens (including phenoxy) is 3. The van der Waals surface area contributed by atoms with Crippen molar-refractivity contribution in [2.45, 2.75) is 425 Å². The number of allylic oxidation sites excluding steroid dienone is 6. The molecule has 0 N–H and O–H groups in total. The summed E-state index contributed by atoms with van der Waals surface area (Å²) >= 11 is 0. The normalized spacial score (nSPS) is 12.2. The van der Waals surface area contributed by atoms with Crippen LogP contribution in [-0.2, 0) is 28.6 Å². The summed E-state index contributed by atoms with van der Waals surface area (Å²) in [6, 6.07) is 0. The lowest BCUT2D eigenvalue weighted by Gasteiger charge is -2.18. The van der Waals surface area contributed by atoms with Crippen molar-refractivity contribution in [1.82, 2.24) is 0 Å². The number of hydrogen-bond donors (Lipinski definition) is 0. The van der Waals surface area contributed by atoms with Gasteiger partial charge in [-0.25, -0.2) is 0 Å². The van der Waals surface area contributed by atoms with Crippen LogP contribution < -0.4 is 0 Å². The van der Waals surface area contributed by atoms with Crippen LogP contribution in [0.5, 0.6) is 0 Å². The van der Waals surface area contributed by atoms with Crippen LogP contribution in [-0.4, -0.2) is 37.2 Å². The molecule has 83 heavy (non-hydrogen) atoms. The molecule has 0 amide bonds. The van der Waals surface area contributed by atoms with Crippen molar-refractivity contribution in [3.63, 3.8) is 0 Å². The molecule has 0 bridgehead atoms. The van der Waals surface area contributed by atoms with Crippen LogP contribution in [0.3, 0.4) is 0 Å². The van der Waals surface area contributed by atoms with Crippen LogP contribution in [0.15, 0.2) is 36.5 Å². The minimum Gasteiger partial charge on any atom is -0.462 e. The van der Waals surface area contributed by atoms with Gasteiger partial charge in [-0.05, 0) is 57.8 Å². The summed E-state index contributed by atoms with van der Waals surface area (Å²) in [7, 11) is 0. The molecule has 0 saturated heterocycles. The van der Waals surface area contributed by atoms with Gasteiger partial charge in [0.1, 0.15) is 13.2 Å². The molecular formula is C77H144O6. The molecule has 0 aliphatic rings. The van der Waals surface area contributed by atoms with Crippen molar-refractivity contribution in [2.75, 3.05) is 13.2 Å². The first-order valence-electron chi connectivity index (χ1n) is 37.5. The third kappa shape index (κ3) is 70.3. The fraction of sp³-hybridized carbons (Fsp3) is 0.883. The minimum absolute atomic E-state index is 0.0645. The molecule has 0 aromatic rings. The van der Waals surface area contributed by atoms with E-state index in [1.54, 1.807) is 0 Å². The number of esters is 3. The number of unbranched alkanes of at least 4 members (excludes halogenated alkanes) is 53. The van der Waals surface area contributed by atoms with Crippen LogP contribution in [0.2, 0.25) is 0 Å². The van der Waals surface area contributed by atoms with E-state index >= 15 is 0 Å². The molecule has 0 aliphatic carbocycles. The summed E-state index contributed by atoms with van der Waals surface area (Å²) in [4.78, 5) is 38.4. The van der Waals surface area contributed by atoms with Crippen molar-refractivity contribution in [3.05, 3.63) is 36.5 Å². The molecule has 0 aromatic heterocycles. The summed E-state index contributed by atoms with van der Waals surface area (Å²) < 4.78 is 17.0. The van der Waals surface area contributed by atoms with Crippen molar-refractivity contribution in [2.24, 2.45) is 0 Å². The van der Waals surface area contributed by atoms with Crippen LogP contribution in [0, 0.1) is 0 Å². The van der Waals surface area contributed by atoms with Crippen LogP contribution in [0.1, 0.15) is 419 Å². The van der Waals surface area contributed by atoms with E-state index in [-0.39, 0.29) is 31.1 Å². The third-order valence-corrected chi connectivity index (χ3v) is 17.1. The summed E-state index contributed by atoms with van der Waals surface area (Å²) in [5.41, 5.74) is 0. The number of carbonyl (C=O) groups excluding carboxylic acids is 3. The molecule has 0 rings (SSSR count). The summed E-state index contributed by atoms with van der Waals surface area (Å²) in [5, 5.41) is 0. The lowest BCUT2D eigenvalue weighted by atomic mass is 10.0. The maximum atomic E-state index is 13.0. The predicted molar refractivity (Wildman–Crippen MR) is 362 cm³/mol. The molecule has 0 aliphatic heterocycles. The van der Waals surface area contributed by atoms with Gasteiger partial charge in [-0.2, -0.15) is 0 Å². The Morgan fingerprint density at radius 3 is 0.675 bits per heavy atom. The van der Waals surface area contributed by atoms with E-state index < -0.39 is 6.10 Å². The Morgan fingerprint density at radius 1 is 0.241 bits per heavy atom. The summed E-state index contributed by atoms with van der Waals surface area (Å²) in [6.07, 6.45) is 90.5. The van der Waals surface area contributed by atoms with Crippen molar-refractivity contribution in [3.8, 4) is 0 Å². The highest BCUT2D eigenvalue weighted by Crippen LogP contribution is 2.19. The zero-order valence-corrected chi connectivity index (χ0v) is 56.2. The average Bonchev–Trinajstić information content (AvgIpc) is 3.49. The van der Waals surface area contributed by atoms with E-state index in [9.17, 15) is 14.4 Å². The minimum atomic E-state index is -0.768. The summed E-state index contributed by atoms with van der Waals surface area (Å²) in [6.45, 7) is 6.71. The molecule has 0 radical (unpaired) electrons. The van der Waals surface area contributed by atoms with E-state index in [2.05, 4.69) is 57.2 Å². The van der Waals surface area contributed by atoms with Crippen LogP contribution >= 0.6 is 0 Å². The standard InChI is InChI=1S/C77H144O6/c1-4-7-10-13-16-19-22-25-27-29-31-33-35-36-37-38-39-40-41-42-43-45-46-48-50-52-55-58-61-64-67-70-76(79)82-73-74(72-81-75(78)69-66-63-60-57-54-24-21-18-15-12-9-6-3)83-77(80)71-68-65-62-59-56-53-51-49-47-44-34-32-30-28-26-23-20-17-14-11-8-5-2/h22,25,29,31,35-36,74H,4-21,23-24,26-28,30,32-34,37-73H2,1-3H3/b25-22-,31-29-,36-35-. The zero-order valence-electron chi connectivity index (χ0n) is 56.2. The van der Waals surface area contributed by atoms with Gasteiger partial charge in [-0.3, -0.25) is 14.4 Å². The maximum absolute atomic E-state index is 13.0. The number of hydrogen-bond acceptors (Lipinski definition) is 6. The lowest BCUT2D eigenvalue weighted by Crippen LogP contribution is -2.30. The first kappa shape index (κ1) is 80.6. The Morgan fingerprint density at radius 2 is 0.434 bits per heavy atom. The van der Waals surface area contributed by atoms with Gasteiger partial charge in [-0.1, -0.05) is 378 Å². The average molecular weight is 1170 g/mol. The molecule has 6 nitrogen and oxygen atoms in total. The van der Waals surface area contributed by atoms with Crippen molar-refractivity contribution < 1.29 is 28.6 Å². The summed E-state index contributed by atoms with van der Waals surface area (Å²) in [5.74, 6) is -0.831. The number of rotatable bonds is 70. The zero-order chi connectivity index (χ0) is 59.9. The SMILES string of the molecule is CCCCCCC/C=C\C/C=C\C/C=C\CCCCCCCCCCCCCCCCCCC(=O)OCC(COC(=O)CCCCCCCCCCCCCC)OC(=O)CCCCCCCCCCCCCCCCCCCCCCCC. The second kappa shape index (κ2) is 72.1. The molecule has 1 atom stereocenters. The molecule has 0 aromatic carbocycles. The van der Waals surface area contributed by atoms with Gasteiger partial charge >= 0.3 is 17.9 Å². The van der Waals surface area contributed by atoms with E-state index in [0.29, 0.717) is 19.3 Å². The molecule has 0 heterocycles. The first-order chi connectivity index (χ1) is 41.0. The second-order valence-electron chi connectivity index (χ2n) is 25.6. The van der Waals surface area contributed by atoms with Crippen LogP contribution in [0.4, 0.5) is 0 Å². The Balaban J connectivity index is 4.14. The Bertz CT molecular complexity index is 1380. The topological polar surface area (TPSA) is 78.9 Å². The van der Waals surface area contributed by atoms with Gasteiger partial charge in [0.2, 0.25) is 0 Å². The van der Waals surface area contributed by atoms with E-state index in [1.165, 1.54) is 308 Å². The largest absolute Gasteiger partial charge is 0.462 e. The van der Waals surface area contributed by atoms with Crippen LogP contribution in [0.25, 0.3) is 0 Å². The van der Waals surface area contributed by atoms with Gasteiger partial charge < -0.3 is 14.2 Å². The Labute approximate surface area is 518 Å². The van der Waals surface area contributed by atoms with Gasteiger partial charge in [0.25, 0.3) is 0 Å². The predicted octanol–water partition coefficient (Wildman–Crippen LogP) is 25.9. The fourth-order valence-electron chi connectivity index (χ4n) is 11.5. The molecule has 0 spiro atoms. The smallest absolute Gasteiger partial charge is 0.306 e. The molecule has 6 heteroatoms. The molecular weight excluding hydrogens is 1020 g/mol. The molecule has 0 fully saturated rings. The van der Waals surface area contributed by atoms with Crippen molar-refractivity contribution in [1.29, 1.82) is 0 Å². The Kier molecular flexibility index (Phi) is 70.0. The van der Waals surface area contributed by atoms with Gasteiger partial charge in [-0.15, -0.1) is 0 Å². The Hall–Kier alpha value is -2.37. The van der Waals surface area contributed by atoms with Gasteiger partial charge in [0.05, 0.1) is 0 Å². The molecule has 0 saturated carbocycles. The first-order valence-corrected chi connectivity index (χ1v) is 37.5. The highest BCUT2D eigenvalue weighted by atomic mass is 16.6. The molecule has 488 valence electrons. The molecule has 1 unspecified atom stereocenters. The number of carbonyl (C=O) groups is 3.